The Bertz CT molecular complexity index is 399. The van der Waals surface area contributed by atoms with Gasteiger partial charge in [0.2, 0.25) is 0 Å². The highest BCUT2D eigenvalue weighted by Gasteiger charge is 2.31. The zero-order valence-corrected chi connectivity index (χ0v) is 8.97. The quantitative estimate of drug-likeness (QED) is 0.859. The highest BCUT2D eigenvalue weighted by atomic mass is 19.3. The molecule has 0 heterocycles. The van der Waals surface area contributed by atoms with E-state index in [4.69, 9.17) is 0 Å². The summed E-state index contributed by atoms with van der Waals surface area (Å²) in [5.74, 6) is -0.235. The Morgan fingerprint density at radius 2 is 2.18 bits per heavy atom. The third kappa shape index (κ3) is 4.21. The molecule has 0 atom stereocenters. The van der Waals surface area contributed by atoms with Crippen molar-refractivity contribution >= 4 is 11.7 Å². The van der Waals surface area contributed by atoms with Gasteiger partial charge in [-0.1, -0.05) is 6.07 Å². The lowest BCUT2D eigenvalue weighted by Gasteiger charge is -2.15. The van der Waals surface area contributed by atoms with Crippen LogP contribution in [0.4, 0.5) is 23.7 Å². The molecule has 0 unspecified atom stereocenters. The Morgan fingerprint density at radius 3 is 2.76 bits per heavy atom. The van der Waals surface area contributed by atoms with Gasteiger partial charge in [-0.25, -0.2) is 9.18 Å². The van der Waals surface area contributed by atoms with Gasteiger partial charge in [0, 0.05) is 18.8 Å². The molecule has 2 N–H and O–H groups in total. The van der Waals surface area contributed by atoms with Gasteiger partial charge < -0.3 is 15.4 Å². The van der Waals surface area contributed by atoms with Gasteiger partial charge in [0.1, 0.15) is 5.75 Å². The fourth-order valence-electron chi connectivity index (χ4n) is 1.03. The summed E-state index contributed by atoms with van der Waals surface area (Å²) in [5.41, 5.74) is 0.261. The summed E-state index contributed by atoms with van der Waals surface area (Å²) in [6, 6.07) is 4.78. The topological polar surface area (TPSA) is 50.4 Å². The highest BCUT2D eigenvalue weighted by molar-refractivity contribution is 5.89. The SMILES string of the molecule is CNC(=O)Nc1cccc(OC(F)(F)CF)c1. The van der Waals surface area contributed by atoms with Crippen molar-refractivity contribution in [2.45, 2.75) is 6.11 Å². The van der Waals surface area contributed by atoms with Crippen molar-refractivity contribution < 1.29 is 22.7 Å². The minimum atomic E-state index is -3.87. The van der Waals surface area contributed by atoms with Gasteiger partial charge in [-0.3, -0.25) is 0 Å². The summed E-state index contributed by atoms with van der Waals surface area (Å²) in [5, 5.41) is 4.66. The van der Waals surface area contributed by atoms with Gasteiger partial charge in [0.25, 0.3) is 0 Å². The lowest BCUT2D eigenvalue weighted by Crippen LogP contribution is -2.27. The van der Waals surface area contributed by atoms with E-state index < -0.39 is 18.8 Å². The Balaban J connectivity index is 2.75. The van der Waals surface area contributed by atoms with E-state index in [1.165, 1.54) is 31.3 Å². The highest BCUT2D eigenvalue weighted by Crippen LogP contribution is 2.24. The molecule has 0 saturated carbocycles. The summed E-state index contributed by atoms with van der Waals surface area (Å²) >= 11 is 0. The van der Waals surface area contributed by atoms with Crippen LogP contribution in [-0.2, 0) is 0 Å². The van der Waals surface area contributed by atoms with Crippen LogP contribution >= 0.6 is 0 Å². The predicted molar refractivity (Wildman–Crippen MR) is 56.1 cm³/mol. The molecule has 1 aromatic carbocycles. The van der Waals surface area contributed by atoms with Crippen molar-refractivity contribution in [3.05, 3.63) is 24.3 Å². The van der Waals surface area contributed by atoms with Crippen molar-refractivity contribution in [2.24, 2.45) is 0 Å². The normalized spacial score (nSPS) is 10.8. The van der Waals surface area contributed by atoms with Gasteiger partial charge >= 0.3 is 12.1 Å². The van der Waals surface area contributed by atoms with Crippen molar-refractivity contribution in [2.75, 3.05) is 19.0 Å². The lowest BCUT2D eigenvalue weighted by molar-refractivity contribution is -0.186. The Kier molecular flexibility index (Phi) is 4.19. The smallest absolute Gasteiger partial charge is 0.427 e. The first kappa shape index (κ1) is 13.1. The molecule has 0 saturated heterocycles. The van der Waals surface area contributed by atoms with Crippen LogP contribution in [0.15, 0.2) is 24.3 Å². The number of carbonyl (C=O) groups excluding carboxylic acids is 1. The third-order valence-electron chi connectivity index (χ3n) is 1.74. The number of alkyl halides is 3. The molecule has 7 heteroatoms. The molecule has 0 aliphatic heterocycles. The molecular formula is C10H11F3N2O2. The van der Waals surface area contributed by atoms with E-state index in [0.717, 1.165) is 0 Å². The first-order valence-corrected chi connectivity index (χ1v) is 4.68. The Morgan fingerprint density at radius 1 is 1.47 bits per heavy atom. The van der Waals surface area contributed by atoms with Crippen LogP contribution in [0.3, 0.4) is 0 Å². The zero-order valence-electron chi connectivity index (χ0n) is 8.97. The van der Waals surface area contributed by atoms with Gasteiger partial charge in [0.15, 0.2) is 6.67 Å². The molecule has 94 valence electrons. The monoisotopic (exact) mass is 248 g/mol. The molecule has 1 rings (SSSR count). The molecule has 2 amide bonds. The molecule has 4 nitrogen and oxygen atoms in total. The van der Waals surface area contributed by atoms with Crippen LogP contribution in [0.25, 0.3) is 0 Å². The van der Waals surface area contributed by atoms with Crippen molar-refractivity contribution in [1.82, 2.24) is 5.32 Å². The molecule has 0 spiro atoms. The van der Waals surface area contributed by atoms with Gasteiger partial charge in [-0.05, 0) is 12.1 Å². The van der Waals surface area contributed by atoms with Crippen LogP contribution in [0, 0.1) is 0 Å². The first-order valence-electron chi connectivity index (χ1n) is 4.68. The maximum absolute atomic E-state index is 12.6. The molecule has 0 aliphatic carbocycles. The second kappa shape index (κ2) is 5.42. The van der Waals surface area contributed by atoms with Crippen LogP contribution < -0.4 is 15.4 Å². The predicted octanol–water partition coefficient (Wildman–Crippen LogP) is 2.38. The van der Waals surface area contributed by atoms with Gasteiger partial charge in [-0.2, -0.15) is 8.78 Å². The second-order valence-corrected chi connectivity index (χ2v) is 3.10. The van der Waals surface area contributed by atoms with E-state index in [1.807, 2.05) is 0 Å². The number of carbonyl (C=O) groups is 1. The molecular weight excluding hydrogens is 237 g/mol. The minimum Gasteiger partial charge on any atom is -0.431 e. The number of amides is 2. The van der Waals surface area contributed by atoms with E-state index in [1.54, 1.807) is 0 Å². The number of urea groups is 1. The maximum atomic E-state index is 12.6. The van der Waals surface area contributed by atoms with Gasteiger partial charge in [-0.15, -0.1) is 0 Å². The Labute approximate surface area is 95.8 Å². The standard InChI is InChI=1S/C10H11F3N2O2/c1-14-9(16)15-7-3-2-4-8(5-7)17-10(12,13)6-11/h2-5H,6H2,1H3,(H2,14,15,16). The zero-order chi connectivity index (χ0) is 12.9. The van der Waals surface area contributed by atoms with Crippen LogP contribution in [0.5, 0.6) is 5.75 Å². The average Bonchev–Trinajstić information content (AvgIpc) is 2.29. The van der Waals surface area contributed by atoms with Crippen molar-refractivity contribution in [3.8, 4) is 5.75 Å². The van der Waals surface area contributed by atoms with E-state index in [2.05, 4.69) is 15.4 Å². The maximum Gasteiger partial charge on any atom is 0.427 e. The number of benzene rings is 1. The van der Waals surface area contributed by atoms with Crippen molar-refractivity contribution in [3.63, 3.8) is 0 Å². The second-order valence-electron chi connectivity index (χ2n) is 3.10. The molecule has 1 aromatic rings. The number of anilines is 1. The molecule has 17 heavy (non-hydrogen) atoms. The largest absolute Gasteiger partial charge is 0.431 e. The number of rotatable bonds is 4. The summed E-state index contributed by atoms with van der Waals surface area (Å²) in [4.78, 5) is 11.0. The van der Waals surface area contributed by atoms with Crippen molar-refractivity contribution in [1.29, 1.82) is 0 Å². The van der Waals surface area contributed by atoms with E-state index >= 15 is 0 Å². The number of nitrogens with one attached hydrogen (secondary N) is 2. The van der Waals surface area contributed by atoms with E-state index in [9.17, 15) is 18.0 Å². The van der Waals surface area contributed by atoms with E-state index in [0.29, 0.717) is 0 Å². The fourth-order valence-corrected chi connectivity index (χ4v) is 1.03. The Hall–Kier alpha value is -1.92. The average molecular weight is 248 g/mol. The lowest BCUT2D eigenvalue weighted by atomic mass is 10.3. The summed E-state index contributed by atoms with van der Waals surface area (Å²) in [7, 11) is 1.41. The molecule has 0 radical (unpaired) electrons. The fraction of sp³-hybridized carbons (Fsp3) is 0.300. The van der Waals surface area contributed by atoms with E-state index in [-0.39, 0.29) is 11.4 Å². The first-order chi connectivity index (χ1) is 7.96. The number of hydrogen-bond acceptors (Lipinski definition) is 2. The number of hydrogen-bond donors (Lipinski definition) is 2. The molecule has 0 aromatic heterocycles. The number of ether oxygens (including phenoxy) is 1. The van der Waals surface area contributed by atoms with Gasteiger partial charge in [0.05, 0.1) is 0 Å². The summed E-state index contributed by atoms with van der Waals surface area (Å²) in [6.45, 7) is -1.92. The van der Waals surface area contributed by atoms with Crippen LogP contribution in [0.2, 0.25) is 0 Å². The summed E-state index contributed by atoms with van der Waals surface area (Å²) < 4.78 is 41.2. The summed E-state index contributed by atoms with van der Waals surface area (Å²) in [6.07, 6.45) is -3.87. The minimum absolute atomic E-state index is 0.235. The van der Waals surface area contributed by atoms with Crippen LogP contribution in [0.1, 0.15) is 0 Å². The third-order valence-corrected chi connectivity index (χ3v) is 1.74. The molecule has 0 fully saturated rings. The number of halogens is 3. The molecule has 0 aliphatic rings. The van der Waals surface area contributed by atoms with Crippen LogP contribution in [-0.4, -0.2) is 25.9 Å². The molecule has 0 bridgehead atoms.